The Morgan fingerprint density at radius 2 is 1.97 bits per heavy atom. The molecule has 0 spiro atoms. The predicted octanol–water partition coefficient (Wildman–Crippen LogP) is 1.94. The van der Waals surface area contributed by atoms with Gasteiger partial charge in [0.05, 0.1) is 18.7 Å². The molecule has 2 aliphatic rings. The fraction of sp³-hybridized carbons (Fsp3) is 0.333. The van der Waals surface area contributed by atoms with Gasteiger partial charge in [-0.2, -0.15) is 0 Å². The second-order valence-electron chi connectivity index (χ2n) is 8.37. The molecule has 3 heterocycles. The third-order valence-corrected chi connectivity index (χ3v) is 6.41. The average Bonchev–Trinajstić information content (AvgIpc) is 3.28. The van der Waals surface area contributed by atoms with Gasteiger partial charge in [-0.25, -0.2) is 9.18 Å². The second kappa shape index (κ2) is 8.53. The van der Waals surface area contributed by atoms with Crippen molar-refractivity contribution in [2.24, 2.45) is 0 Å². The lowest BCUT2D eigenvalue weighted by Gasteiger charge is -2.36. The van der Waals surface area contributed by atoms with Gasteiger partial charge in [0.15, 0.2) is 11.5 Å². The molecule has 2 aliphatic heterocycles. The molecule has 0 saturated carbocycles. The van der Waals surface area contributed by atoms with Crippen molar-refractivity contribution >= 4 is 0 Å². The summed E-state index contributed by atoms with van der Waals surface area (Å²) in [5.74, 6) is 0.678. The molecule has 0 unspecified atom stereocenters. The quantitative estimate of drug-likeness (QED) is 0.588. The van der Waals surface area contributed by atoms with Gasteiger partial charge >= 0.3 is 5.69 Å². The van der Waals surface area contributed by atoms with Crippen molar-refractivity contribution in [2.45, 2.75) is 25.4 Å². The molecule has 178 valence electrons. The van der Waals surface area contributed by atoms with E-state index >= 15 is 0 Å². The minimum Gasteiger partial charge on any atom is -0.494 e. The number of H-pyrrole nitrogens is 1. The zero-order valence-corrected chi connectivity index (χ0v) is 18.8. The number of aromatic nitrogens is 2. The summed E-state index contributed by atoms with van der Waals surface area (Å²) in [5.41, 5.74) is 1.03. The molecule has 1 aromatic heterocycles. The Balaban J connectivity index is 1.62. The van der Waals surface area contributed by atoms with E-state index in [1.807, 2.05) is 18.0 Å². The number of nitrogens with zero attached hydrogens (tertiary/aromatic N) is 2. The third kappa shape index (κ3) is 3.60. The summed E-state index contributed by atoms with van der Waals surface area (Å²) in [6.07, 6.45) is 1.04. The van der Waals surface area contributed by atoms with Crippen molar-refractivity contribution < 1.29 is 23.7 Å². The van der Waals surface area contributed by atoms with Crippen LogP contribution in [0.5, 0.6) is 23.1 Å². The third-order valence-electron chi connectivity index (χ3n) is 6.41. The van der Waals surface area contributed by atoms with E-state index in [4.69, 9.17) is 14.2 Å². The molecular weight excluding hydrogens is 445 g/mol. The summed E-state index contributed by atoms with van der Waals surface area (Å²) in [5, 5.41) is 11.2. The molecule has 5 rings (SSSR count). The van der Waals surface area contributed by atoms with Crippen molar-refractivity contribution in [3.8, 4) is 23.1 Å². The summed E-state index contributed by atoms with van der Waals surface area (Å²) in [6.45, 7) is 0.769. The maximum Gasteiger partial charge on any atom is 0.331 e. The van der Waals surface area contributed by atoms with Crippen LogP contribution in [0.4, 0.5) is 4.39 Å². The molecule has 9 nitrogen and oxygen atoms in total. The minimum absolute atomic E-state index is 0.0410. The Morgan fingerprint density at radius 3 is 2.71 bits per heavy atom. The number of methoxy groups -OCH3 is 1. The van der Waals surface area contributed by atoms with Crippen LogP contribution in [0.25, 0.3) is 0 Å². The molecule has 1 atom stereocenters. The highest BCUT2D eigenvalue weighted by atomic mass is 19.1. The summed E-state index contributed by atoms with van der Waals surface area (Å²) >= 11 is 0. The van der Waals surface area contributed by atoms with Gasteiger partial charge in [-0.15, -0.1) is 0 Å². The normalized spacial score (nSPS) is 17.0. The lowest BCUT2D eigenvalue weighted by atomic mass is 9.87. The van der Waals surface area contributed by atoms with E-state index in [-0.39, 0.29) is 24.7 Å². The van der Waals surface area contributed by atoms with E-state index < -0.39 is 23.2 Å². The molecule has 0 amide bonds. The first kappa shape index (κ1) is 22.0. The van der Waals surface area contributed by atoms with E-state index in [1.54, 1.807) is 12.1 Å². The molecule has 3 aromatic rings. The summed E-state index contributed by atoms with van der Waals surface area (Å²) in [4.78, 5) is 29.9. The lowest BCUT2D eigenvalue weighted by Crippen LogP contribution is -2.40. The summed E-state index contributed by atoms with van der Waals surface area (Å²) in [7, 11) is 3.35. The van der Waals surface area contributed by atoms with E-state index in [0.29, 0.717) is 42.2 Å². The summed E-state index contributed by atoms with van der Waals surface area (Å²) < 4.78 is 31.2. The van der Waals surface area contributed by atoms with Gasteiger partial charge in [0, 0.05) is 18.7 Å². The fourth-order valence-electron chi connectivity index (χ4n) is 4.72. The van der Waals surface area contributed by atoms with Crippen LogP contribution in [0.3, 0.4) is 0 Å². The first-order valence-corrected chi connectivity index (χ1v) is 10.9. The molecular formula is C24H24FN3O6. The number of halogens is 1. The Bertz CT molecular complexity index is 1370. The van der Waals surface area contributed by atoms with Gasteiger partial charge in [-0.1, -0.05) is 12.1 Å². The van der Waals surface area contributed by atoms with Gasteiger partial charge in [-0.05, 0) is 49.2 Å². The Labute approximate surface area is 193 Å². The van der Waals surface area contributed by atoms with Crippen LogP contribution in [-0.4, -0.2) is 47.1 Å². The summed E-state index contributed by atoms with van der Waals surface area (Å²) in [6, 6.07) is 7.08. The number of aromatic hydroxyl groups is 1. The number of hydrogen-bond acceptors (Lipinski definition) is 7. The monoisotopic (exact) mass is 469 g/mol. The van der Waals surface area contributed by atoms with Crippen LogP contribution in [0.1, 0.15) is 28.3 Å². The predicted molar refractivity (Wildman–Crippen MR) is 120 cm³/mol. The number of nitrogens with one attached hydrogen (secondary N) is 1. The number of rotatable bonds is 5. The Morgan fingerprint density at radius 1 is 1.21 bits per heavy atom. The van der Waals surface area contributed by atoms with Crippen molar-refractivity contribution in [1.82, 2.24) is 14.5 Å². The van der Waals surface area contributed by atoms with Crippen molar-refractivity contribution in [2.75, 3.05) is 27.5 Å². The number of likely N-dealkylation sites (N-methyl/N-ethyl adjacent to an activating group) is 1. The smallest absolute Gasteiger partial charge is 0.331 e. The van der Waals surface area contributed by atoms with Crippen molar-refractivity contribution in [1.29, 1.82) is 0 Å². The van der Waals surface area contributed by atoms with Gasteiger partial charge in [0.2, 0.25) is 18.4 Å². The van der Waals surface area contributed by atoms with Gasteiger partial charge < -0.3 is 19.3 Å². The molecule has 0 saturated heterocycles. The van der Waals surface area contributed by atoms with E-state index in [9.17, 15) is 19.1 Å². The molecule has 2 N–H and O–H groups in total. The zero-order chi connectivity index (χ0) is 24.0. The highest BCUT2D eigenvalue weighted by Crippen LogP contribution is 2.51. The average molecular weight is 469 g/mol. The molecule has 2 aromatic carbocycles. The first-order chi connectivity index (χ1) is 16.4. The van der Waals surface area contributed by atoms with Crippen LogP contribution < -0.4 is 25.5 Å². The second-order valence-corrected chi connectivity index (χ2v) is 8.37. The molecule has 0 bridgehead atoms. The van der Waals surface area contributed by atoms with Crippen LogP contribution >= 0.6 is 0 Å². The van der Waals surface area contributed by atoms with Crippen LogP contribution in [0, 0.1) is 5.82 Å². The Kier molecular flexibility index (Phi) is 5.52. The minimum atomic E-state index is -0.718. The maximum atomic E-state index is 13.2. The van der Waals surface area contributed by atoms with E-state index in [1.165, 1.54) is 19.2 Å². The number of aromatic amines is 1. The van der Waals surface area contributed by atoms with Crippen molar-refractivity contribution in [3.63, 3.8) is 0 Å². The maximum absolute atomic E-state index is 13.2. The number of ether oxygens (including phenoxy) is 3. The van der Waals surface area contributed by atoms with Crippen LogP contribution in [0.15, 0.2) is 39.9 Å². The van der Waals surface area contributed by atoms with E-state index in [2.05, 4.69) is 4.98 Å². The standard InChI is InChI=1S/C24H24FN3O6/c1-27-9-8-14-11-16-20(34-12-33-16)21(32-2)17(14)19(27)18-22(29)26-24(31)28(23(18)30)10-7-13-3-5-15(25)6-4-13/h3-6,11,19,30H,7-10,12H2,1-2H3,(H,26,29,31)/t19-/m0/s1. The first-order valence-electron chi connectivity index (χ1n) is 10.9. The number of fused-ring (bicyclic) bond motifs is 2. The molecule has 0 aliphatic carbocycles. The zero-order valence-electron chi connectivity index (χ0n) is 18.8. The molecule has 10 heteroatoms. The highest BCUT2D eigenvalue weighted by molar-refractivity contribution is 5.63. The number of hydrogen-bond donors (Lipinski definition) is 2. The Hall–Kier alpha value is -3.79. The number of aryl methyl sites for hydroxylation is 1. The van der Waals surface area contributed by atoms with Crippen LogP contribution in [0.2, 0.25) is 0 Å². The highest BCUT2D eigenvalue weighted by Gasteiger charge is 2.38. The largest absolute Gasteiger partial charge is 0.494 e. The fourth-order valence-corrected chi connectivity index (χ4v) is 4.72. The molecule has 0 radical (unpaired) electrons. The van der Waals surface area contributed by atoms with E-state index in [0.717, 1.165) is 15.7 Å². The van der Waals surface area contributed by atoms with Gasteiger partial charge in [-0.3, -0.25) is 19.2 Å². The van der Waals surface area contributed by atoms with Gasteiger partial charge in [0.1, 0.15) is 5.82 Å². The topological polar surface area (TPSA) is 106 Å². The van der Waals surface area contributed by atoms with Crippen molar-refractivity contribution in [3.05, 3.63) is 79.2 Å². The molecule has 0 fully saturated rings. The number of benzene rings is 2. The molecule has 34 heavy (non-hydrogen) atoms. The SMILES string of the molecule is COc1c2c(cc3c1[C@@H](c1c(O)n(CCc4ccc(F)cc4)c(=O)[nH]c1=O)N(C)CC3)OCO2. The lowest BCUT2D eigenvalue weighted by molar-refractivity contribution is 0.170. The van der Waals surface area contributed by atoms with Gasteiger partial charge in [0.25, 0.3) is 5.56 Å². The van der Waals surface area contributed by atoms with Crippen LogP contribution in [-0.2, 0) is 19.4 Å².